The van der Waals surface area contributed by atoms with Crippen LogP contribution in [0.2, 0.25) is 0 Å². The Bertz CT molecular complexity index is 695. The van der Waals surface area contributed by atoms with Gasteiger partial charge in [0.25, 0.3) is 5.91 Å². The van der Waals surface area contributed by atoms with Crippen LogP contribution < -0.4 is 0 Å². The van der Waals surface area contributed by atoms with Crippen molar-refractivity contribution in [1.29, 1.82) is 0 Å². The maximum Gasteiger partial charge on any atom is 0.276 e. The summed E-state index contributed by atoms with van der Waals surface area (Å²) in [5.74, 6) is 0.608. The Morgan fingerprint density at radius 3 is 2.52 bits per heavy atom. The van der Waals surface area contributed by atoms with E-state index in [4.69, 9.17) is 4.52 Å². The summed E-state index contributed by atoms with van der Waals surface area (Å²) in [6.07, 6.45) is 2.12. The molecule has 122 valence electrons. The minimum Gasteiger partial charge on any atom is -0.355 e. The molecule has 1 amide bonds. The second-order valence-electron chi connectivity index (χ2n) is 7.39. The van der Waals surface area contributed by atoms with Gasteiger partial charge in [0, 0.05) is 24.2 Å². The fourth-order valence-corrected chi connectivity index (χ4v) is 3.03. The lowest BCUT2D eigenvalue weighted by atomic mass is 9.86. The zero-order valence-electron chi connectivity index (χ0n) is 14.3. The highest BCUT2D eigenvalue weighted by atomic mass is 16.5. The third kappa shape index (κ3) is 3.16. The van der Waals surface area contributed by atoms with Crippen molar-refractivity contribution in [3.8, 4) is 11.3 Å². The molecule has 0 radical (unpaired) electrons. The fraction of sp³-hybridized carbons (Fsp3) is 0.474. The minimum absolute atomic E-state index is 0.0312. The molecule has 2 aromatic rings. The molecule has 4 heteroatoms. The molecule has 0 aliphatic carbocycles. The topological polar surface area (TPSA) is 46.3 Å². The second-order valence-corrected chi connectivity index (χ2v) is 7.39. The van der Waals surface area contributed by atoms with Gasteiger partial charge in [-0.2, -0.15) is 0 Å². The van der Waals surface area contributed by atoms with Gasteiger partial charge in [-0.1, -0.05) is 50.2 Å². The second kappa shape index (κ2) is 5.84. The van der Waals surface area contributed by atoms with Gasteiger partial charge < -0.3 is 9.42 Å². The quantitative estimate of drug-likeness (QED) is 0.832. The lowest BCUT2D eigenvalue weighted by molar-refractivity contribution is 0.0737. The summed E-state index contributed by atoms with van der Waals surface area (Å²) in [4.78, 5) is 14.4. The van der Waals surface area contributed by atoms with E-state index in [1.54, 1.807) is 6.07 Å². The minimum atomic E-state index is -0.0312. The van der Waals surface area contributed by atoms with Gasteiger partial charge in [-0.3, -0.25) is 4.79 Å². The smallest absolute Gasteiger partial charge is 0.276 e. The maximum atomic E-state index is 12.5. The van der Waals surface area contributed by atoms with Gasteiger partial charge in [-0.05, 0) is 30.7 Å². The number of aromatic nitrogens is 1. The van der Waals surface area contributed by atoms with Crippen LogP contribution in [0.4, 0.5) is 0 Å². The summed E-state index contributed by atoms with van der Waals surface area (Å²) in [7, 11) is 0. The summed E-state index contributed by atoms with van der Waals surface area (Å²) in [6.45, 7) is 9.44. The van der Waals surface area contributed by atoms with Gasteiger partial charge in [0.2, 0.25) is 0 Å². The molecule has 2 heterocycles. The van der Waals surface area contributed by atoms with E-state index in [0.717, 1.165) is 24.9 Å². The molecule has 0 spiro atoms. The number of carbonyl (C=O) groups excluding carboxylic acids is 1. The summed E-state index contributed by atoms with van der Waals surface area (Å²) in [5.41, 5.74) is 2.73. The molecule has 1 aliphatic heterocycles. The Morgan fingerprint density at radius 1 is 1.26 bits per heavy atom. The summed E-state index contributed by atoms with van der Waals surface area (Å²) in [6, 6.07) is 10.3. The Morgan fingerprint density at radius 2 is 1.96 bits per heavy atom. The summed E-state index contributed by atoms with van der Waals surface area (Å²) in [5, 5.41) is 3.98. The molecule has 1 atom stereocenters. The van der Waals surface area contributed by atoms with Crippen molar-refractivity contribution in [3.05, 3.63) is 41.6 Å². The average molecular weight is 312 g/mol. The third-order valence-electron chi connectivity index (χ3n) is 4.58. The fourth-order valence-electron chi connectivity index (χ4n) is 3.03. The van der Waals surface area contributed by atoms with E-state index < -0.39 is 0 Å². The SMILES string of the molecule is C[C@H]1CCCN1C(=O)c1cc(-c2ccc(C(C)(C)C)cc2)on1. The molecular formula is C19H24N2O2. The molecule has 3 rings (SSSR count). The van der Waals surface area contributed by atoms with Crippen LogP contribution in [0.1, 0.15) is 56.6 Å². The van der Waals surface area contributed by atoms with E-state index in [0.29, 0.717) is 11.5 Å². The lowest BCUT2D eigenvalue weighted by Crippen LogP contribution is -2.33. The van der Waals surface area contributed by atoms with Crippen LogP contribution in [0.5, 0.6) is 0 Å². The highest BCUT2D eigenvalue weighted by Crippen LogP contribution is 2.27. The number of likely N-dealkylation sites (tertiary alicyclic amines) is 1. The van der Waals surface area contributed by atoms with Crippen molar-refractivity contribution in [3.63, 3.8) is 0 Å². The lowest BCUT2D eigenvalue weighted by Gasteiger charge is -2.19. The molecule has 1 saturated heterocycles. The van der Waals surface area contributed by atoms with Crippen LogP contribution >= 0.6 is 0 Å². The van der Waals surface area contributed by atoms with Gasteiger partial charge >= 0.3 is 0 Å². The molecule has 1 aliphatic rings. The molecule has 23 heavy (non-hydrogen) atoms. The van der Waals surface area contributed by atoms with E-state index in [2.05, 4.69) is 45.0 Å². The Balaban J connectivity index is 1.80. The first-order valence-electron chi connectivity index (χ1n) is 8.25. The van der Waals surface area contributed by atoms with Crippen molar-refractivity contribution < 1.29 is 9.32 Å². The van der Waals surface area contributed by atoms with Gasteiger partial charge in [0.1, 0.15) is 0 Å². The highest BCUT2D eigenvalue weighted by molar-refractivity contribution is 5.93. The van der Waals surface area contributed by atoms with Gasteiger partial charge in [0.15, 0.2) is 11.5 Å². The molecule has 0 bridgehead atoms. The van der Waals surface area contributed by atoms with Crippen LogP contribution in [0.15, 0.2) is 34.9 Å². The van der Waals surface area contributed by atoms with Crippen LogP contribution in [0.25, 0.3) is 11.3 Å². The number of carbonyl (C=O) groups is 1. The van der Waals surface area contributed by atoms with Crippen LogP contribution in [-0.4, -0.2) is 28.6 Å². The van der Waals surface area contributed by atoms with Crippen molar-refractivity contribution >= 4 is 5.91 Å². The average Bonchev–Trinajstić information content (AvgIpc) is 3.15. The van der Waals surface area contributed by atoms with Crippen LogP contribution in [0.3, 0.4) is 0 Å². The van der Waals surface area contributed by atoms with E-state index in [9.17, 15) is 4.79 Å². The highest BCUT2D eigenvalue weighted by Gasteiger charge is 2.28. The number of amides is 1. The first kappa shape index (κ1) is 15.8. The van der Waals surface area contributed by atoms with Crippen LogP contribution in [-0.2, 0) is 5.41 Å². The number of benzene rings is 1. The molecule has 4 nitrogen and oxygen atoms in total. The van der Waals surface area contributed by atoms with Gasteiger partial charge in [0.05, 0.1) is 0 Å². The zero-order chi connectivity index (χ0) is 16.6. The molecular weight excluding hydrogens is 288 g/mol. The molecule has 0 N–H and O–H groups in total. The van der Waals surface area contributed by atoms with E-state index >= 15 is 0 Å². The van der Waals surface area contributed by atoms with Crippen molar-refractivity contribution in [1.82, 2.24) is 10.1 Å². The van der Waals surface area contributed by atoms with Crippen molar-refractivity contribution in [2.75, 3.05) is 6.54 Å². The first-order chi connectivity index (χ1) is 10.9. The molecule has 0 unspecified atom stereocenters. The van der Waals surface area contributed by atoms with E-state index in [1.165, 1.54) is 5.56 Å². The predicted molar refractivity (Wildman–Crippen MR) is 90.4 cm³/mol. The number of nitrogens with zero attached hydrogens (tertiary/aromatic N) is 2. The van der Waals surface area contributed by atoms with Gasteiger partial charge in [-0.15, -0.1) is 0 Å². The Kier molecular flexibility index (Phi) is 4.00. The van der Waals surface area contributed by atoms with E-state index in [1.807, 2.05) is 17.0 Å². The number of rotatable bonds is 2. The van der Waals surface area contributed by atoms with Crippen molar-refractivity contribution in [2.45, 2.75) is 52.0 Å². The summed E-state index contributed by atoms with van der Waals surface area (Å²) < 4.78 is 5.39. The normalized spacial score (nSPS) is 18.4. The Labute approximate surface area is 137 Å². The van der Waals surface area contributed by atoms with Crippen molar-refractivity contribution in [2.24, 2.45) is 0 Å². The first-order valence-corrected chi connectivity index (χ1v) is 8.25. The van der Waals surface area contributed by atoms with Gasteiger partial charge in [-0.25, -0.2) is 0 Å². The molecule has 0 saturated carbocycles. The Hall–Kier alpha value is -2.10. The maximum absolute atomic E-state index is 12.5. The predicted octanol–water partition coefficient (Wildman–Crippen LogP) is 4.26. The zero-order valence-corrected chi connectivity index (χ0v) is 14.3. The van der Waals surface area contributed by atoms with Crippen LogP contribution in [0, 0.1) is 0 Å². The van der Waals surface area contributed by atoms with E-state index in [-0.39, 0.29) is 17.4 Å². The third-order valence-corrected chi connectivity index (χ3v) is 4.58. The molecule has 1 aromatic heterocycles. The largest absolute Gasteiger partial charge is 0.355 e. The number of hydrogen-bond acceptors (Lipinski definition) is 3. The molecule has 1 fully saturated rings. The summed E-state index contributed by atoms with van der Waals surface area (Å²) >= 11 is 0. The standard InChI is InChI=1S/C19H24N2O2/c1-13-6-5-11-21(13)18(22)16-12-17(23-20-16)14-7-9-15(10-8-14)19(2,3)4/h7-10,12-13H,5-6,11H2,1-4H3/t13-/m0/s1. The monoisotopic (exact) mass is 312 g/mol. The molecule has 1 aromatic carbocycles. The number of hydrogen-bond donors (Lipinski definition) is 0.